The summed E-state index contributed by atoms with van der Waals surface area (Å²) < 4.78 is 3.48. The fourth-order valence-corrected chi connectivity index (χ4v) is 4.46. The normalized spacial score (nSPS) is 11.9. The number of carbonyl (C=O) groups excluding carboxylic acids is 1. The van der Waals surface area contributed by atoms with Gasteiger partial charge in [-0.2, -0.15) is 0 Å². The summed E-state index contributed by atoms with van der Waals surface area (Å²) in [5.41, 5.74) is 3.02. The first kappa shape index (κ1) is 21.1. The molecule has 0 fully saturated rings. The number of aromatic nitrogens is 4. The molecule has 0 atom stereocenters. The molecule has 2 aromatic carbocycles. The molecule has 1 amide bonds. The molecule has 1 N–H and O–H groups in total. The highest BCUT2D eigenvalue weighted by Gasteiger charge is 2.21. The molecule has 4 rings (SSSR count). The second-order valence-electron chi connectivity index (χ2n) is 8.60. The summed E-state index contributed by atoms with van der Waals surface area (Å²) in [7, 11) is 0. The molecule has 4 aromatic rings. The zero-order valence-corrected chi connectivity index (χ0v) is 19.1. The van der Waals surface area contributed by atoms with E-state index >= 15 is 0 Å². The van der Waals surface area contributed by atoms with E-state index in [9.17, 15) is 9.59 Å². The minimum Gasteiger partial charge on any atom is -0.351 e. The number of nitrogens with one attached hydrogen (secondary N) is 1. The Hall–Kier alpha value is -3.13. The molecule has 0 aliphatic carbocycles. The van der Waals surface area contributed by atoms with Crippen LogP contribution in [0.5, 0.6) is 0 Å². The van der Waals surface area contributed by atoms with Crippen molar-refractivity contribution in [1.82, 2.24) is 24.5 Å². The molecule has 0 bridgehead atoms. The van der Waals surface area contributed by atoms with Crippen LogP contribution < -0.4 is 10.9 Å². The van der Waals surface area contributed by atoms with Gasteiger partial charge in [0.15, 0.2) is 5.16 Å². The Kier molecular flexibility index (Phi) is 5.35. The Morgan fingerprint density at radius 2 is 1.71 bits per heavy atom. The molecule has 0 aliphatic heterocycles. The molecule has 0 unspecified atom stereocenters. The molecule has 0 saturated heterocycles. The monoisotopic (exact) mass is 435 g/mol. The summed E-state index contributed by atoms with van der Waals surface area (Å²) >= 11 is 1.30. The van der Waals surface area contributed by atoms with Gasteiger partial charge in [0, 0.05) is 5.54 Å². The van der Waals surface area contributed by atoms with Gasteiger partial charge in [0.2, 0.25) is 11.7 Å². The Labute approximate surface area is 184 Å². The lowest BCUT2D eigenvalue weighted by Crippen LogP contribution is -2.41. The van der Waals surface area contributed by atoms with E-state index in [2.05, 4.69) is 15.5 Å². The van der Waals surface area contributed by atoms with Crippen LogP contribution in [0.2, 0.25) is 0 Å². The van der Waals surface area contributed by atoms with Gasteiger partial charge in [-0.25, -0.2) is 4.57 Å². The standard InChI is InChI=1S/C23H25N5O2S/c1-14-9-8-10-15(2)19(14)28-20(30)16-11-6-7-12-17(16)27-21(28)25-26-22(27)31-13-18(29)24-23(3,4)5/h6-12H,13H2,1-5H3,(H,24,29). The molecule has 0 aliphatic rings. The molecule has 2 heterocycles. The van der Waals surface area contributed by atoms with Crippen LogP contribution in [0, 0.1) is 13.8 Å². The van der Waals surface area contributed by atoms with Gasteiger partial charge < -0.3 is 5.32 Å². The average molecular weight is 436 g/mol. The second-order valence-corrected chi connectivity index (χ2v) is 9.55. The molecule has 31 heavy (non-hydrogen) atoms. The number of nitrogens with zero attached hydrogens (tertiary/aromatic N) is 4. The van der Waals surface area contributed by atoms with Crippen molar-refractivity contribution in [2.45, 2.75) is 45.3 Å². The van der Waals surface area contributed by atoms with Gasteiger partial charge in [0.1, 0.15) is 0 Å². The minimum absolute atomic E-state index is 0.0818. The van der Waals surface area contributed by atoms with E-state index in [1.807, 2.05) is 81.5 Å². The van der Waals surface area contributed by atoms with Crippen LogP contribution in [-0.2, 0) is 4.79 Å². The van der Waals surface area contributed by atoms with Crippen molar-refractivity contribution in [2.75, 3.05) is 5.75 Å². The predicted octanol–water partition coefficient (Wildman–Crippen LogP) is 3.66. The lowest BCUT2D eigenvalue weighted by Gasteiger charge is -2.20. The van der Waals surface area contributed by atoms with E-state index in [1.54, 1.807) is 4.57 Å². The third kappa shape index (κ3) is 3.95. The summed E-state index contributed by atoms with van der Waals surface area (Å²) in [5, 5.41) is 12.8. The van der Waals surface area contributed by atoms with E-state index in [1.165, 1.54) is 11.8 Å². The van der Waals surface area contributed by atoms with Gasteiger partial charge in [-0.3, -0.25) is 14.0 Å². The third-order valence-electron chi connectivity index (χ3n) is 4.90. The van der Waals surface area contributed by atoms with Crippen molar-refractivity contribution in [2.24, 2.45) is 0 Å². The summed E-state index contributed by atoms with van der Waals surface area (Å²) in [6, 6.07) is 13.3. The van der Waals surface area contributed by atoms with Crippen molar-refractivity contribution in [3.63, 3.8) is 0 Å². The zero-order chi connectivity index (χ0) is 22.3. The Balaban J connectivity index is 1.92. The maximum absolute atomic E-state index is 13.5. The van der Waals surface area contributed by atoms with Gasteiger partial charge in [0.05, 0.1) is 22.3 Å². The van der Waals surface area contributed by atoms with E-state index in [0.717, 1.165) is 16.8 Å². The highest BCUT2D eigenvalue weighted by Crippen LogP contribution is 2.25. The number of rotatable bonds is 4. The van der Waals surface area contributed by atoms with Crippen LogP contribution in [0.1, 0.15) is 31.9 Å². The maximum atomic E-state index is 13.5. The first-order chi connectivity index (χ1) is 14.7. The SMILES string of the molecule is Cc1cccc(C)c1-n1c(=O)c2ccccc2n2c(SCC(=O)NC(C)(C)C)nnc12. The Morgan fingerprint density at radius 3 is 2.39 bits per heavy atom. The van der Waals surface area contributed by atoms with Crippen molar-refractivity contribution < 1.29 is 4.79 Å². The minimum atomic E-state index is -0.305. The summed E-state index contributed by atoms with van der Waals surface area (Å²) in [4.78, 5) is 25.8. The number of carbonyl (C=O) groups is 1. The lowest BCUT2D eigenvalue weighted by molar-refractivity contribution is -0.119. The number of thioether (sulfide) groups is 1. The summed E-state index contributed by atoms with van der Waals surface area (Å²) in [5.74, 6) is 0.552. The van der Waals surface area contributed by atoms with E-state index in [0.29, 0.717) is 21.8 Å². The van der Waals surface area contributed by atoms with Crippen molar-refractivity contribution in [1.29, 1.82) is 0 Å². The van der Waals surface area contributed by atoms with Crippen LogP contribution in [0.25, 0.3) is 22.4 Å². The van der Waals surface area contributed by atoms with Gasteiger partial charge >= 0.3 is 0 Å². The molecule has 0 radical (unpaired) electrons. The molecular formula is C23H25N5O2S. The fraction of sp³-hybridized carbons (Fsp3) is 0.304. The van der Waals surface area contributed by atoms with Crippen molar-refractivity contribution in [3.8, 4) is 5.69 Å². The second kappa shape index (κ2) is 7.85. The topological polar surface area (TPSA) is 81.3 Å². The van der Waals surface area contributed by atoms with E-state index in [4.69, 9.17) is 0 Å². The van der Waals surface area contributed by atoms with Gasteiger partial charge in [0.25, 0.3) is 5.56 Å². The summed E-state index contributed by atoms with van der Waals surface area (Å²) in [6.07, 6.45) is 0. The molecule has 0 saturated carbocycles. The quantitative estimate of drug-likeness (QED) is 0.495. The molecule has 2 aromatic heterocycles. The van der Waals surface area contributed by atoms with Gasteiger partial charge in [-0.05, 0) is 57.9 Å². The van der Waals surface area contributed by atoms with Crippen LogP contribution in [0.3, 0.4) is 0 Å². The Morgan fingerprint density at radius 1 is 1.03 bits per heavy atom. The van der Waals surface area contributed by atoms with Gasteiger partial charge in [-0.1, -0.05) is 42.1 Å². The number of amides is 1. The van der Waals surface area contributed by atoms with Crippen LogP contribution in [0.4, 0.5) is 0 Å². The number of fused-ring (bicyclic) bond motifs is 3. The first-order valence-corrected chi connectivity index (χ1v) is 11.1. The van der Waals surface area contributed by atoms with E-state index in [-0.39, 0.29) is 22.8 Å². The van der Waals surface area contributed by atoms with Crippen LogP contribution in [0.15, 0.2) is 52.4 Å². The highest BCUT2D eigenvalue weighted by atomic mass is 32.2. The first-order valence-electron chi connectivity index (χ1n) is 10.1. The number of hydrogen-bond donors (Lipinski definition) is 1. The largest absolute Gasteiger partial charge is 0.351 e. The maximum Gasteiger partial charge on any atom is 0.267 e. The molecule has 160 valence electrons. The van der Waals surface area contributed by atoms with E-state index < -0.39 is 0 Å². The number of para-hydroxylation sites is 2. The predicted molar refractivity (Wildman–Crippen MR) is 124 cm³/mol. The third-order valence-corrected chi connectivity index (χ3v) is 5.83. The van der Waals surface area contributed by atoms with Crippen molar-refractivity contribution in [3.05, 3.63) is 63.9 Å². The smallest absolute Gasteiger partial charge is 0.267 e. The fourth-order valence-electron chi connectivity index (χ4n) is 3.72. The van der Waals surface area contributed by atoms with Crippen LogP contribution >= 0.6 is 11.8 Å². The lowest BCUT2D eigenvalue weighted by atomic mass is 10.1. The Bertz CT molecular complexity index is 1340. The summed E-state index contributed by atoms with van der Waals surface area (Å²) in [6.45, 7) is 9.78. The number of benzene rings is 2. The van der Waals surface area contributed by atoms with Crippen molar-refractivity contribution >= 4 is 34.3 Å². The average Bonchev–Trinajstić information content (AvgIpc) is 3.11. The number of hydrogen-bond acceptors (Lipinski definition) is 5. The molecule has 8 heteroatoms. The van der Waals surface area contributed by atoms with Crippen LogP contribution in [-0.4, -0.2) is 36.4 Å². The van der Waals surface area contributed by atoms with Gasteiger partial charge in [-0.15, -0.1) is 10.2 Å². The molecule has 7 nitrogen and oxygen atoms in total. The highest BCUT2D eigenvalue weighted by molar-refractivity contribution is 7.99. The zero-order valence-electron chi connectivity index (χ0n) is 18.3. The molecular weight excluding hydrogens is 410 g/mol. The number of aryl methyl sites for hydroxylation is 2. The molecule has 0 spiro atoms.